The molecule has 2 aliphatic rings. The van der Waals surface area contributed by atoms with Crippen molar-refractivity contribution in [1.82, 2.24) is 5.32 Å². The first-order valence-corrected chi connectivity index (χ1v) is 6.25. The van der Waals surface area contributed by atoms with Gasteiger partial charge in [-0.3, -0.25) is 4.79 Å². The second-order valence-electron chi connectivity index (χ2n) is 5.29. The predicted molar refractivity (Wildman–Crippen MR) is 64.6 cm³/mol. The molecule has 1 atom stereocenters. The lowest BCUT2D eigenvalue weighted by Gasteiger charge is -2.09. The molecular weight excluding hydrogens is 233 g/mol. The summed E-state index contributed by atoms with van der Waals surface area (Å²) in [5.41, 5.74) is 1.18. The van der Waals surface area contributed by atoms with E-state index < -0.39 is 0 Å². The van der Waals surface area contributed by atoms with Crippen LogP contribution in [-0.4, -0.2) is 13.0 Å². The van der Waals surface area contributed by atoms with Gasteiger partial charge in [0.25, 0.3) is 0 Å². The minimum atomic E-state index is -0.332. The molecule has 0 aromatic heterocycles. The third-order valence-corrected chi connectivity index (χ3v) is 4.10. The molecule has 1 spiro atoms. The van der Waals surface area contributed by atoms with E-state index in [9.17, 15) is 9.18 Å². The molecule has 0 unspecified atom stereocenters. The molecule has 1 aromatic rings. The second-order valence-corrected chi connectivity index (χ2v) is 5.29. The van der Waals surface area contributed by atoms with Crippen molar-refractivity contribution in [3.05, 3.63) is 29.6 Å². The third kappa shape index (κ3) is 1.96. The largest absolute Gasteiger partial charge is 0.496 e. The maximum absolute atomic E-state index is 13.0. The van der Waals surface area contributed by atoms with Crippen molar-refractivity contribution >= 4 is 5.91 Å². The number of hydrogen-bond acceptors (Lipinski definition) is 2. The summed E-state index contributed by atoms with van der Waals surface area (Å²) in [6.07, 6.45) is 3.44. The first kappa shape index (κ1) is 11.5. The summed E-state index contributed by atoms with van der Waals surface area (Å²) >= 11 is 0. The number of amides is 1. The fourth-order valence-corrected chi connectivity index (χ4v) is 2.60. The number of halogens is 1. The molecule has 4 heteroatoms. The van der Waals surface area contributed by atoms with E-state index >= 15 is 0 Å². The van der Waals surface area contributed by atoms with Crippen LogP contribution in [0.25, 0.3) is 0 Å². The maximum atomic E-state index is 13.0. The van der Waals surface area contributed by atoms with Gasteiger partial charge in [0.2, 0.25) is 5.91 Å². The Balaban J connectivity index is 1.61. The van der Waals surface area contributed by atoms with Crippen LogP contribution in [0.3, 0.4) is 0 Å². The number of rotatable bonds is 4. The van der Waals surface area contributed by atoms with E-state index in [1.165, 1.54) is 32.1 Å². The molecule has 2 saturated carbocycles. The standard InChI is InChI=1S/C14H16FNO2/c1-18-12-6-10(15)3-2-9(12)8-16-13(17)11-7-14(11)4-5-14/h2-3,6,11H,4-5,7-8H2,1H3,(H,16,17)/t11-/m0/s1. The first-order chi connectivity index (χ1) is 8.64. The third-order valence-electron chi connectivity index (χ3n) is 4.10. The lowest BCUT2D eigenvalue weighted by molar-refractivity contribution is -0.122. The average Bonchev–Trinajstić information content (AvgIpc) is 3.28. The molecule has 0 saturated heterocycles. The van der Waals surface area contributed by atoms with E-state index in [0.717, 1.165) is 12.0 Å². The summed E-state index contributed by atoms with van der Waals surface area (Å²) in [5.74, 6) is 0.483. The molecule has 3 nitrogen and oxygen atoms in total. The minimum absolute atomic E-state index is 0.124. The van der Waals surface area contributed by atoms with Gasteiger partial charge in [-0.1, -0.05) is 6.07 Å². The van der Waals surface area contributed by atoms with Crippen LogP contribution < -0.4 is 10.1 Å². The van der Waals surface area contributed by atoms with Crippen LogP contribution in [0.4, 0.5) is 4.39 Å². The van der Waals surface area contributed by atoms with Crippen LogP contribution >= 0.6 is 0 Å². The lowest BCUT2D eigenvalue weighted by Crippen LogP contribution is -2.25. The monoisotopic (exact) mass is 249 g/mol. The van der Waals surface area contributed by atoms with Gasteiger partial charge in [0, 0.05) is 24.1 Å². The van der Waals surface area contributed by atoms with Gasteiger partial charge in [0.05, 0.1) is 7.11 Å². The van der Waals surface area contributed by atoms with Crippen LogP contribution in [0, 0.1) is 17.2 Å². The Morgan fingerprint density at radius 3 is 2.94 bits per heavy atom. The van der Waals surface area contributed by atoms with E-state index in [0.29, 0.717) is 17.7 Å². The van der Waals surface area contributed by atoms with Crippen LogP contribution in [0.5, 0.6) is 5.75 Å². The van der Waals surface area contributed by atoms with Gasteiger partial charge in [-0.05, 0) is 30.7 Å². The fraction of sp³-hybridized carbons (Fsp3) is 0.500. The van der Waals surface area contributed by atoms with E-state index in [1.54, 1.807) is 6.07 Å². The first-order valence-electron chi connectivity index (χ1n) is 6.25. The quantitative estimate of drug-likeness (QED) is 0.888. The summed E-state index contributed by atoms with van der Waals surface area (Å²) in [4.78, 5) is 11.9. The molecule has 2 fully saturated rings. The van der Waals surface area contributed by atoms with Crippen molar-refractivity contribution in [3.8, 4) is 5.75 Å². The minimum Gasteiger partial charge on any atom is -0.496 e. The zero-order valence-corrected chi connectivity index (χ0v) is 10.3. The van der Waals surface area contributed by atoms with Crippen LogP contribution in [0.15, 0.2) is 18.2 Å². The van der Waals surface area contributed by atoms with Gasteiger partial charge in [-0.15, -0.1) is 0 Å². The number of carbonyl (C=O) groups excluding carboxylic acids is 1. The van der Waals surface area contributed by atoms with Gasteiger partial charge in [-0.25, -0.2) is 4.39 Å². The summed E-state index contributed by atoms with van der Waals surface area (Å²) < 4.78 is 18.1. The van der Waals surface area contributed by atoms with Crippen molar-refractivity contribution in [2.75, 3.05) is 7.11 Å². The normalized spacial score (nSPS) is 22.7. The molecule has 0 bridgehead atoms. The van der Waals surface area contributed by atoms with E-state index in [1.807, 2.05) is 0 Å². The maximum Gasteiger partial charge on any atom is 0.223 e. The fourth-order valence-electron chi connectivity index (χ4n) is 2.60. The molecule has 0 heterocycles. The molecule has 1 N–H and O–H groups in total. The molecule has 2 aliphatic carbocycles. The number of nitrogens with one attached hydrogen (secondary N) is 1. The van der Waals surface area contributed by atoms with Crippen molar-refractivity contribution in [3.63, 3.8) is 0 Å². The van der Waals surface area contributed by atoms with Gasteiger partial charge >= 0.3 is 0 Å². The highest BCUT2D eigenvalue weighted by Gasteiger charge is 2.65. The number of benzene rings is 1. The van der Waals surface area contributed by atoms with Gasteiger partial charge < -0.3 is 10.1 Å². The van der Waals surface area contributed by atoms with E-state index in [2.05, 4.69) is 5.32 Å². The highest BCUT2D eigenvalue weighted by molar-refractivity contribution is 5.83. The number of hydrogen-bond donors (Lipinski definition) is 1. The van der Waals surface area contributed by atoms with Crippen molar-refractivity contribution in [1.29, 1.82) is 0 Å². The molecule has 3 rings (SSSR count). The van der Waals surface area contributed by atoms with Gasteiger partial charge in [0.1, 0.15) is 11.6 Å². The predicted octanol–water partition coefficient (Wildman–Crippen LogP) is 2.25. The molecule has 0 radical (unpaired) electrons. The number of carbonyl (C=O) groups is 1. The molecule has 0 aliphatic heterocycles. The number of ether oxygens (including phenoxy) is 1. The SMILES string of the molecule is COc1cc(F)ccc1CNC(=O)[C@@H]1CC12CC2. The van der Waals surface area contributed by atoms with Crippen LogP contribution in [-0.2, 0) is 11.3 Å². The number of methoxy groups -OCH3 is 1. The molecule has 1 aromatic carbocycles. The average molecular weight is 249 g/mol. The van der Waals surface area contributed by atoms with Crippen LogP contribution in [0.1, 0.15) is 24.8 Å². The Kier molecular flexibility index (Phi) is 2.54. The lowest BCUT2D eigenvalue weighted by atomic mass is 10.2. The second kappa shape index (κ2) is 3.97. The van der Waals surface area contributed by atoms with Gasteiger partial charge in [0.15, 0.2) is 0 Å². The highest BCUT2D eigenvalue weighted by atomic mass is 19.1. The smallest absolute Gasteiger partial charge is 0.223 e. The van der Waals surface area contributed by atoms with Crippen molar-refractivity contribution in [2.24, 2.45) is 11.3 Å². The summed E-state index contributed by atoms with van der Waals surface area (Å²) in [6.45, 7) is 0.398. The van der Waals surface area contributed by atoms with Crippen molar-refractivity contribution < 1.29 is 13.9 Å². The molecule has 1 amide bonds. The zero-order valence-electron chi connectivity index (χ0n) is 10.3. The molecule has 96 valence electrons. The molecule has 18 heavy (non-hydrogen) atoms. The Morgan fingerprint density at radius 2 is 2.33 bits per heavy atom. The Morgan fingerprint density at radius 1 is 1.56 bits per heavy atom. The summed E-state index contributed by atoms with van der Waals surface area (Å²) in [7, 11) is 1.50. The van der Waals surface area contributed by atoms with Gasteiger partial charge in [-0.2, -0.15) is 0 Å². The van der Waals surface area contributed by atoms with Crippen molar-refractivity contribution in [2.45, 2.75) is 25.8 Å². The Labute approximate surface area is 105 Å². The Hall–Kier alpha value is -1.58. The zero-order chi connectivity index (χ0) is 12.8. The summed E-state index contributed by atoms with van der Waals surface area (Å²) in [6, 6.07) is 4.36. The molecular formula is C14H16FNO2. The van der Waals surface area contributed by atoms with Crippen LogP contribution in [0.2, 0.25) is 0 Å². The van der Waals surface area contributed by atoms with E-state index in [4.69, 9.17) is 4.74 Å². The van der Waals surface area contributed by atoms with E-state index in [-0.39, 0.29) is 17.6 Å². The highest BCUT2D eigenvalue weighted by Crippen LogP contribution is 2.70. The Bertz CT molecular complexity index is 497. The topological polar surface area (TPSA) is 38.3 Å². The summed E-state index contributed by atoms with van der Waals surface area (Å²) in [5, 5.41) is 2.91.